The number of hydrogen-bond donors (Lipinski definition) is 1. The summed E-state index contributed by atoms with van der Waals surface area (Å²) >= 11 is 0. The Labute approximate surface area is 121 Å². The standard InChI is InChI=1S/C15H14N4O2/c1-2-20-14-17-13(16)18-15(19-14)21-12-8-7-10-5-3-4-6-11(10)9-12/h3-9H,2H2,1H3,(H2,16,17,18,19). The third-order valence-corrected chi connectivity index (χ3v) is 2.82. The lowest BCUT2D eigenvalue weighted by Gasteiger charge is -2.07. The summed E-state index contributed by atoms with van der Waals surface area (Å²) < 4.78 is 10.8. The zero-order valence-electron chi connectivity index (χ0n) is 11.5. The van der Waals surface area contributed by atoms with E-state index in [4.69, 9.17) is 15.2 Å². The van der Waals surface area contributed by atoms with Crippen molar-refractivity contribution in [1.29, 1.82) is 0 Å². The van der Waals surface area contributed by atoms with Crippen molar-refractivity contribution in [3.05, 3.63) is 42.5 Å². The summed E-state index contributed by atoms with van der Waals surface area (Å²) in [7, 11) is 0. The first-order valence-electron chi connectivity index (χ1n) is 6.55. The Morgan fingerprint density at radius 2 is 1.71 bits per heavy atom. The van der Waals surface area contributed by atoms with Gasteiger partial charge in [-0.05, 0) is 29.8 Å². The maximum atomic E-state index is 5.63. The molecule has 0 fully saturated rings. The third-order valence-electron chi connectivity index (χ3n) is 2.82. The molecule has 2 N–H and O–H groups in total. The van der Waals surface area contributed by atoms with Crippen molar-refractivity contribution < 1.29 is 9.47 Å². The molecule has 1 aromatic heterocycles. The second-order valence-corrected chi connectivity index (χ2v) is 4.30. The minimum Gasteiger partial charge on any atom is -0.464 e. The van der Waals surface area contributed by atoms with Gasteiger partial charge in [-0.3, -0.25) is 0 Å². The van der Waals surface area contributed by atoms with E-state index in [-0.39, 0.29) is 18.0 Å². The monoisotopic (exact) mass is 282 g/mol. The molecule has 1 heterocycles. The van der Waals surface area contributed by atoms with Gasteiger partial charge in [-0.1, -0.05) is 30.3 Å². The van der Waals surface area contributed by atoms with E-state index in [9.17, 15) is 0 Å². The Bertz CT molecular complexity index is 776. The topological polar surface area (TPSA) is 83.2 Å². The van der Waals surface area contributed by atoms with Crippen molar-refractivity contribution in [2.75, 3.05) is 12.3 Å². The molecule has 0 aliphatic rings. The molecule has 0 amide bonds. The van der Waals surface area contributed by atoms with E-state index in [0.29, 0.717) is 12.4 Å². The lowest BCUT2D eigenvalue weighted by molar-refractivity contribution is 0.304. The molecular formula is C15H14N4O2. The summed E-state index contributed by atoms with van der Waals surface area (Å²) in [4.78, 5) is 11.9. The van der Waals surface area contributed by atoms with Gasteiger partial charge < -0.3 is 15.2 Å². The van der Waals surface area contributed by atoms with E-state index in [2.05, 4.69) is 15.0 Å². The van der Waals surface area contributed by atoms with Crippen LogP contribution in [-0.4, -0.2) is 21.6 Å². The number of benzene rings is 2. The van der Waals surface area contributed by atoms with Crippen LogP contribution in [0.25, 0.3) is 10.8 Å². The van der Waals surface area contributed by atoms with Crippen LogP contribution in [0.5, 0.6) is 17.8 Å². The first-order valence-corrected chi connectivity index (χ1v) is 6.55. The summed E-state index contributed by atoms with van der Waals surface area (Å²) in [5.41, 5.74) is 5.61. The van der Waals surface area contributed by atoms with Crippen molar-refractivity contribution >= 4 is 16.7 Å². The Hall–Kier alpha value is -2.89. The predicted octanol–water partition coefficient (Wildman–Crippen LogP) is 2.80. The van der Waals surface area contributed by atoms with Crippen LogP contribution in [0.1, 0.15) is 6.92 Å². The number of rotatable bonds is 4. The lowest BCUT2D eigenvalue weighted by atomic mass is 10.1. The quantitative estimate of drug-likeness (QED) is 0.792. The van der Waals surface area contributed by atoms with Crippen LogP contribution in [0.15, 0.2) is 42.5 Å². The predicted molar refractivity (Wildman–Crippen MR) is 79.4 cm³/mol. The smallest absolute Gasteiger partial charge is 0.330 e. The summed E-state index contributed by atoms with van der Waals surface area (Å²) in [6.07, 6.45) is 0. The molecule has 0 saturated carbocycles. The summed E-state index contributed by atoms with van der Waals surface area (Å²) in [5, 5.41) is 2.21. The first kappa shape index (κ1) is 13.1. The Morgan fingerprint density at radius 1 is 0.952 bits per heavy atom. The molecule has 0 bridgehead atoms. The molecular weight excluding hydrogens is 268 g/mol. The van der Waals surface area contributed by atoms with Crippen LogP contribution in [0, 0.1) is 0 Å². The van der Waals surface area contributed by atoms with Crippen molar-refractivity contribution in [2.24, 2.45) is 0 Å². The van der Waals surface area contributed by atoms with Gasteiger partial charge in [0, 0.05) is 0 Å². The Morgan fingerprint density at radius 3 is 2.52 bits per heavy atom. The van der Waals surface area contributed by atoms with Crippen LogP contribution in [0.2, 0.25) is 0 Å². The van der Waals surface area contributed by atoms with Crippen LogP contribution in [-0.2, 0) is 0 Å². The average Bonchev–Trinajstić information content (AvgIpc) is 2.47. The molecule has 0 aliphatic carbocycles. The van der Waals surface area contributed by atoms with E-state index < -0.39 is 0 Å². The van der Waals surface area contributed by atoms with E-state index in [1.165, 1.54) is 0 Å². The summed E-state index contributed by atoms with van der Waals surface area (Å²) in [6, 6.07) is 14.0. The van der Waals surface area contributed by atoms with E-state index in [1.807, 2.05) is 49.4 Å². The summed E-state index contributed by atoms with van der Waals surface area (Å²) in [6.45, 7) is 2.28. The van der Waals surface area contributed by atoms with E-state index >= 15 is 0 Å². The fourth-order valence-electron chi connectivity index (χ4n) is 1.93. The van der Waals surface area contributed by atoms with Crippen LogP contribution < -0.4 is 15.2 Å². The van der Waals surface area contributed by atoms with Crippen molar-refractivity contribution in [2.45, 2.75) is 6.92 Å². The number of nitrogens with two attached hydrogens (primary N) is 1. The van der Waals surface area contributed by atoms with Crippen LogP contribution in [0.3, 0.4) is 0 Å². The molecule has 0 radical (unpaired) electrons. The molecule has 106 valence electrons. The fourth-order valence-corrected chi connectivity index (χ4v) is 1.93. The molecule has 3 aromatic rings. The van der Waals surface area contributed by atoms with E-state index in [1.54, 1.807) is 0 Å². The molecule has 6 heteroatoms. The molecule has 0 atom stereocenters. The molecule has 0 aliphatic heterocycles. The highest BCUT2D eigenvalue weighted by Crippen LogP contribution is 2.24. The van der Waals surface area contributed by atoms with Gasteiger partial charge in [0.25, 0.3) is 0 Å². The second kappa shape index (κ2) is 5.62. The number of nitrogens with zero attached hydrogens (tertiary/aromatic N) is 3. The second-order valence-electron chi connectivity index (χ2n) is 4.30. The number of anilines is 1. The molecule has 0 spiro atoms. The SMILES string of the molecule is CCOc1nc(N)nc(Oc2ccc3ccccc3c2)n1. The minimum absolute atomic E-state index is 0.0595. The van der Waals surface area contributed by atoms with Crippen LogP contribution in [0.4, 0.5) is 5.95 Å². The lowest BCUT2D eigenvalue weighted by Crippen LogP contribution is -2.04. The highest BCUT2D eigenvalue weighted by Gasteiger charge is 2.07. The van der Waals surface area contributed by atoms with Crippen molar-refractivity contribution in [3.63, 3.8) is 0 Å². The van der Waals surface area contributed by atoms with E-state index in [0.717, 1.165) is 10.8 Å². The van der Waals surface area contributed by atoms with Gasteiger partial charge in [0.2, 0.25) is 5.95 Å². The first-order chi connectivity index (χ1) is 10.2. The highest BCUT2D eigenvalue weighted by molar-refractivity contribution is 5.83. The van der Waals surface area contributed by atoms with Gasteiger partial charge >= 0.3 is 12.0 Å². The zero-order valence-corrected chi connectivity index (χ0v) is 11.5. The molecule has 21 heavy (non-hydrogen) atoms. The summed E-state index contributed by atoms with van der Waals surface area (Å²) in [5.74, 6) is 0.686. The number of fused-ring (bicyclic) bond motifs is 1. The van der Waals surface area contributed by atoms with Crippen LogP contribution >= 0.6 is 0 Å². The highest BCUT2D eigenvalue weighted by atomic mass is 16.5. The average molecular weight is 282 g/mol. The fraction of sp³-hybridized carbons (Fsp3) is 0.133. The van der Waals surface area contributed by atoms with Gasteiger partial charge in [0.1, 0.15) is 5.75 Å². The molecule has 6 nitrogen and oxygen atoms in total. The Balaban J connectivity index is 1.90. The largest absolute Gasteiger partial charge is 0.464 e. The number of nitrogen functional groups attached to an aromatic ring is 1. The molecule has 0 unspecified atom stereocenters. The van der Waals surface area contributed by atoms with Crippen molar-refractivity contribution in [3.8, 4) is 17.8 Å². The zero-order chi connectivity index (χ0) is 14.7. The number of hydrogen-bond acceptors (Lipinski definition) is 6. The Kier molecular flexibility index (Phi) is 3.51. The number of ether oxygens (including phenoxy) is 2. The van der Waals surface area contributed by atoms with Crippen molar-refractivity contribution in [1.82, 2.24) is 15.0 Å². The van der Waals surface area contributed by atoms with Gasteiger partial charge in [-0.25, -0.2) is 0 Å². The molecule has 3 rings (SSSR count). The van der Waals surface area contributed by atoms with Gasteiger partial charge in [0.05, 0.1) is 6.61 Å². The number of aromatic nitrogens is 3. The maximum absolute atomic E-state index is 5.63. The maximum Gasteiger partial charge on any atom is 0.330 e. The van der Waals surface area contributed by atoms with Gasteiger partial charge in [0.15, 0.2) is 0 Å². The molecule has 2 aromatic carbocycles. The third kappa shape index (κ3) is 3.00. The van der Waals surface area contributed by atoms with Gasteiger partial charge in [-0.2, -0.15) is 9.97 Å². The minimum atomic E-state index is 0.0595. The normalized spacial score (nSPS) is 10.5. The van der Waals surface area contributed by atoms with Gasteiger partial charge in [-0.15, -0.1) is 4.98 Å². The molecule has 0 saturated heterocycles.